The summed E-state index contributed by atoms with van der Waals surface area (Å²) in [6, 6.07) is 5.35. The van der Waals surface area contributed by atoms with Gasteiger partial charge in [0, 0.05) is 12.5 Å². The summed E-state index contributed by atoms with van der Waals surface area (Å²) in [6.07, 6.45) is -20.7. The van der Waals surface area contributed by atoms with E-state index in [2.05, 4.69) is 10.1 Å². The minimum absolute atomic E-state index is 0.150. The zero-order valence-corrected chi connectivity index (χ0v) is 23.1. The summed E-state index contributed by atoms with van der Waals surface area (Å²) in [4.78, 5) is 13.2. The van der Waals surface area contributed by atoms with E-state index >= 15 is 0 Å². The SMILES string of the molecule is CC(C)C(NC(=O)NC(Cc1ccccc1)(c1cc(F)cc(OC(F)(F)C(F)F)c1)c1ccc(F)c(C(F)(F)F)c1)C(F)(F)F. The summed E-state index contributed by atoms with van der Waals surface area (Å²) in [6.45, 7) is 2.20. The number of hydrogen-bond donors (Lipinski definition) is 2. The average molecular weight is 660 g/mol. The Morgan fingerprint density at radius 1 is 0.822 bits per heavy atom. The first-order valence-electron chi connectivity index (χ1n) is 12.9. The largest absolute Gasteiger partial charge is 0.461 e. The maximum atomic E-state index is 14.9. The number of amides is 2. The summed E-state index contributed by atoms with van der Waals surface area (Å²) in [7, 11) is 0. The minimum atomic E-state index is -5.35. The predicted molar refractivity (Wildman–Crippen MR) is 137 cm³/mol. The fourth-order valence-electron chi connectivity index (χ4n) is 4.54. The molecule has 16 heteroatoms. The normalized spacial score (nSPS) is 14.7. The highest BCUT2D eigenvalue weighted by molar-refractivity contribution is 5.77. The molecular formula is C29H24F12N2O2. The van der Waals surface area contributed by atoms with E-state index in [0.29, 0.717) is 24.3 Å². The van der Waals surface area contributed by atoms with Gasteiger partial charge in [-0.3, -0.25) is 0 Å². The van der Waals surface area contributed by atoms with E-state index in [4.69, 9.17) is 0 Å². The van der Waals surface area contributed by atoms with E-state index < -0.39 is 88.9 Å². The first kappa shape index (κ1) is 35.4. The van der Waals surface area contributed by atoms with Crippen molar-refractivity contribution in [2.45, 2.75) is 56.7 Å². The van der Waals surface area contributed by atoms with Crippen molar-refractivity contribution in [1.82, 2.24) is 10.6 Å². The van der Waals surface area contributed by atoms with Crippen LogP contribution in [-0.2, 0) is 18.1 Å². The molecule has 246 valence electrons. The molecule has 45 heavy (non-hydrogen) atoms. The Kier molecular flexibility index (Phi) is 10.3. The van der Waals surface area contributed by atoms with Crippen molar-refractivity contribution in [1.29, 1.82) is 0 Å². The summed E-state index contributed by atoms with van der Waals surface area (Å²) in [5.74, 6) is -5.81. The molecule has 0 radical (unpaired) electrons. The highest BCUT2D eigenvalue weighted by Gasteiger charge is 2.47. The highest BCUT2D eigenvalue weighted by atomic mass is 19.4. The number of hydrogen-bond acceptors (Lipinski definition) is 2. The van der Waals surface area contributed by atoms with E-state index in [-0.39, 0.29) is 17.7 Å². The van der Waals surface area contributed by atoms with Crippen LogP contribution in [0.25, 0.3) is 0 Å². The van der Waals surface area contributed by atoms with E-state index in [1.54, 1.807) is 5.32 Å². The third-order valence-corrected chi connectivity index (χ3v) is 6.58. The maximum Gasteiger partial charge on any atom is 0.461 e. The Hall–Kier alpha value is -4.11. The molecule has 2 unspecified atom stereocenters. The molecule has 0 aliphatic carbocycles. The minimum Gasteiger partial charge on any atom is -0.428 e. The van der Waals surface area contributed by atoms with Crippen LogP contribution in [0.15, 0.2) is 66.7 Å². The molecule has 0 fully saturated rings. The molecule has 0 spiro atoms. The predicted octanol–water partition coefficient (Wildman–Crippen LogP) is 8.59. The first-order chi connectivity index (χ1) is 20.7. The van der Waals surface area contributed by atoms with Crippen LogP contribution in [0, 0.1) is 17.6 Å². The summed E-state index contributed by atoms with van der Waals surface area (Å²) in [5, 5.41) is 3.77. The molecule has 0 aromatic heterocycles. The number of carbonyl (C=O) groups is 1. The number of nitrogens with one attached hydrogen (secondary N) is 2. The second-order valence-electron chi connectivity index (χ2n) is 10.3. The van der Waals surface area contributed by atoms with Crippen LogP contribution in [0.4, 0.5) is 57.5 Å². The van der Waals surface area contributed by atoms with Gasteiger partial charge in [0.1, 0.15) is 23.4 Å². The molecule has 2 amide bonds. The van der Waals surface area contributed by atoms with E-state index in [1.807, 2.05) is 0 Å². The van der Waals surface area contributed by atoms with Crippen LogP contribution in [0.1, 0.15) is 36.1 Å². The Morgan fingerprint density at radius 2 is 1.44 bits per heavy atom. The monoisotopic (exact) mass is 660 g/mol. The lowest BCUT2D eigenvalue weighted by Crippen LogP contribution is -2.57. The van der Waals surface area contributed by atoms with Gasteiger partial charge in [0.15, 0.2) is 0 Å². The molecule has 0 saturated heterocycles. The third-order valence-electron chi connectivity index (χ3n) is 6.58. The van der Waals surface area contributed by atoms with Crippen LogP contribution in [-0.4, -0.2) is 30.8 Å². The second kappa shape index (κ2) is 13.1. The van der Waals surface area contributed by atoms with Gasteiger partial charge < -0.3 is 15.4 Å². The zero-order valence-electron chi connectivity index (χ0n) is 23.1. The van der Waals surface area contributed by atoms with Gasteiger partial charge >= 0.3 is 30.9 Å². The van der Waals surface area contributed by atoms with Gasteiger partial charge in [0.25, 0.3) is 0 Å². The molecule has 0 aliphatic rings. The van der Waals surface area contributed by atoms with Gasteiger partial charge in [-0.15, -0.1) is 0 Å². The lowest BCUT2D eigenvalue weighted by Gasteiger charge is -2.38. The molecular weight excluding hydrogens is 636 g/mol. The van der Waals surface area contributed by atoms with Crippen molar-refractivity contribution in [2.75, 3.05) is 0 Å². The van der Waals surface area contributed by atoms with Crippen molar-refractivity contribution in [3.8, 4) is 5.75 Å². The van der Waals surface area contributed by atoms with Gasteiger partial charge in [-0.1, -0.05) is 50.2 Å². The number of urea groups is 1. The van der Waals surface area contributed by atoms with Crippen molar-refractivity contribution < 1.29 is 62.2 Å². The van der Waals surface area contributed by atoms with Crippen molar-refractivity contribution >= 4 is 6.03 Å². The smallest absolute Gasteiger partial charge is 0.428 e. The molecule has 3 aromatic carbocycles. The Balaban J connectivity index is 2.37. The van der Waals surface area contributed by atoms with Gasteiger partial charge in [-0.25, -0.2) is 13.6 Å². The van der Waals surface area contributed by atoms with Crippen LogP contribution >= 0.6 is 0 Å². The van der Waals surface area contributed by atoms with Crippen molar-refractivity contribution in [2.24, 2.45) is 5.92 Å². The highest BCUT2D eigenvalue weighted by Crippen LogP contribution is 2.41. The number of rotatable bonds is 10. The molecule has 3 rings (SSSR count). The van der Waals surface area contributed by atoms with E-state index in [9.17, 15) is 57.5 Å². The summed E-state index contributed by atoms with van der Waals surface area (Å²) < 4.78 is 169. The molecule has 0 heterocycles. The number of carbonyl (C=O) groups excluding carboxylic acids is 1. The number of benzene rings is 3. The molecule has 0 aliphatic heterocycles. The average Bonchev–Trinajstić information content (AvgIpc) is 2.90. The lowest BCUT2D eigenvalue weighted by atomic mass is 9.77. The molecule has 2 N–H and O–H groups in total. The standard InChI is InChI=1S/C29H24F12N2O2/c1-15(2)23(28(37,38)39)42-25(44)43-26(14-16-6-4-3-5-7-16,17-8-9-22(31)21(12-17)27(34,35)36)18-10-19(30)13-20(11-18)45-29(40,41)24(32)33/h3-13,15,23-24H,14H2,1-2H3,(H2,42,43,44). The Bertz CT molecular complexity index is 1480. The topological polar surface area (TPSA) is 50.4 Å². The van der Waals surface area contributed by atoms with E-state index in [0.717, 1.165) is 13.8 Å². The van der Waals surface area contributed by atoms with Gasteiger partial charge in [-0.2, -0.15) is 43.9 Å². The molecule has 4 nitrogen and oxygen atoms in total. The van der Waals surface area contributed by atoms with Crippen LogP contribution < -0.4 is 15.4 Å². The molecule has 2 atom stereocenters. The third kappa shape index (κ3) is 8.54. The molecule has 3 aromatic rings. The number of ether oxygens (including phenoxy) is 1. The number of halogens is 12. The van der Waals surface area contributed by atoms with Crippen LogP contribution in [0.5, 0.6) is 5.75 Å². The fraction of sp³-hybridized carbons (Fsp3) is 0.345. The summed E-state index contributed by atoms with van der Waals surface area (Å²) in [5.41, 5.74) is -5.76. The fourth-order valence-corrected chi connectivity index (χ4v) is 4.54. The maximum absolute atomic E-state index is 14.9. The second-order valence-corrected chi connectivity index (χ2v) is 10.3. The van der Waals surface area contributed by atoms with Gasteiger partial charge in [-0.05, 0) is 46.9 Å². The van der Waals surface area contributed by atoms with E-state index in [1.165, 1.54) is 30.3 Å². The lowest BCUT2D eigenvalue weighted by molar-refractivity contribution is -0.253. The molecule has 0 saturated carbocycles. The Labute approximate surface area is 248 Å². The van der Waals surface area contributed by atoms with Gasteiger partial charge in [0.2, 0.25) is 0 Å². The number of alkyl halides is 10. The zero-order chi connectivity index (χ0) is 34.0. The van der Waals surface area contributed by atoms with Crippen LogP contribution in [0.3, 0.4) is 0 Å². The quantitative estimate of drug-likeness (QED) is 0.214. The van der Waals surface area contributed by atoms with Crippen LogP contribution in [0.2, 0.25) is 0 Å². The summed E-state index contributed by atoms with van der Waals surface area (Å²) >= 11 is 0. The Morgan fingerprint density at radius 3 is 1.98 bits per heavy atom. The van der Waals surface area contributed by atoms with Gasteiger partial charge in [0.05, 0.1) is 11.1 Å². The first-order valence-corrected chi connectivity index (χ1v) is 12.9. The molecule has 0 bridgehead atoms. The van der Waals surface area contributed by atoms with Crippen molar-refractivity contribution in [3.05, 3.63) is 101 Å². The van der Waals surface area contributed by atoms with Crippen molar-refractivity contribution in [3.63, 3.8) is 0 Å².